The second-order valence-electron chi connectivity index (χ2n) is 9.96. The lowest BCUT2D eigenvalue weighted by Crippen LogP contribution is -2.36. The summed E-state index contributed by atoms with van der Waals surface area (Å²) in [5.74, 6) is 0.830. The number of tetrazole rings is 1. The first-order chi connectivity index (χ1) is 16.3. The summed E-state index contributed by atoms with van der Waals surface area (Å²) in [7, 11) is 0. The second kappa shape index (κ2) is 9.89. The third kappa shape index (κ3) is 5.25. The average Bonchev–Trinajstić information content (AvgIpc) is 3.29. The van der Waals surface area contributed by atoms with Gasteiger partial charge in [-0.05, 0) is 79.6 Å². The zero-order chi connectivity index (χ0) is 24.3. The van der Waals surface area contributed by atoms with E-state index in [2.05, 4.69) is 89.5 Å². The Morgan fingerprint density at radius 3 is 2.56 bits per heavy atom. The molecule has 0 radical (unpaired) electrons. The third-order valence-electron chi connectivity index (χ3n) is 6.24. The van der Waals surface area contributed by atoms with Crippen molar-refractivity contribution in [1.82, 2.24) is 30.1 Å². The molecule has 2 heterocycles. The summed E-state index contributed by atoms with van der Waals surface area (Å²) < 4.78 is 1.91. The maximum atomic E-state index is 13.1. The number of aromatic amines is 1. The Kier molecular flexibility index (Phi) is 6.93. The van der Waals surface area contributed by atoms with Crippen molar-refractivity contribution in [2.24, 2.45) is 0 Å². The van der Waals surface area contributed by atoms with Crippen LogP contribution in [0.2, 0.25) is 0 Å². The topological polar surface area (TPSA) is 79.7 Å². The van der Waals surface area contributed by atoms with Crippen LogP contribution in [-0.2, 0) is 18.5 Å². The standard InChI is InChI=1S/C27H34N6O/c1-6-24(25-29-30-31-33(25)27(3,4)5)32(15-14-20-10-8-7-9-11-20)18-22-17-21-13-12-19(2)16-23(21)28-26(22)34/h7-13,16-17,24H,6,14-15,18H2,1-5H3,(H,28,34)/t24-/m0/s1. The number of hydrogen-bond donors (Lipinski definition) is 1. The molecule has 1 N–H and O–H groups in total. The number of pyridine rings is 1. The number of fused-ring (bicyclic) bond motifs is 1. The van der Waals surface area contributed by atoms with E-state index in [0.29, 0.717) is 6.54 Å². The number of benzene rings is 2. The van der Waals surface area contributed by atoms with Crippen molar-refractivity contribution in [2.45, 2.75) is 65.6 Å². The van der Waals surface area contributed by atoms with E-state index in [1.807, 2.05) is 29.8 Å². The summed E-state index contributed by atoms with van der Waals surface area (Å²) >= 11 is 0. The number of nitrogens with zero attached hydrogens (tertiary/aromatic N) is 5. The molecule has 0 fully saturated rings. The van der Waals surface area contributed by atoms with Gasteiger partial charge in [0.05, 0.1) is 11.6 Å². The van der Waals surface area contributed by atoms with Crippen LogP contribution in [0, 0.1) is 6.92 Å². The molecule has 2 aromatic carbocycles. The van der Waals surface area contributed by atoms with Crippen molar-refractivity contribution in [3.8, 4) is 0 Å². The van der Waals surface area contributed by atoms with Gasteiger partial charge in [-0.25, -0.2) is 4.68 Å². The van der Waals surface area contributed by atoms with Crippen LogP contribution in [-0.4, -0.2) is 36.6 Å². The minimum Gasteiger partial charge on any atom is -0.322 e. The highest BCUT2D eigenvalue weighted by Crippen LogP contribution is 2.27. The van der Waals surface area contributed by atoms with Gasteiger partial charge in [-0.2, -0.15) is 0 Å². The molecule has 0 aliphatic carbocycles. The lowest BCUT2D eigenvalue weighted by Gasteiger charge is -2.32. The van der Waals surface area contributed by atoms with Gasteiger partial charge in [0.2, 0.25) is 0 Å². The fourth-order valence-corrected chi connectivity index (χ4v) is 4.44. The zero-order valence-corrected chi connectivity index (χ0v) is 20.7. The smallest absolute Gasteiger partial charge is 0.252 e. The zero-order valence-electron chi connectivity index (χ0n) is 20.7. The van der Waals surface area contributed by atoms with Crippen LogP contribution in [0.5, 0.6) is 0 Å². The molecule has 0 spiro atoms. The normalized spacial score (nSPS) is 13.0. The Balaban J connectivity index is 1.71. The molecule has 0 unspecified atom stereocenters. The Hall–Kier alpha value is -3.32. The number of nitrogens with one attached hydrogen (secondary N) is 1. The van der Waals surface area contributed by atoms with E-state index in [0.717, 1.165) is 47.2 Å². The number of aromatic nitrogens is 5. The Morgan fingerprint density at radius 1 is 1.09 bits per heavy atom. The fraction of sp³-hybridized carbons (Fsp3) is 0.407. The lowest BCUT2D eigenvalue weighted by molar-refractivity contribution is 0.163. The molecule has 34 heavy (non-hydrogen) atoms. The van der Waals surface area contributed by atoms with Gasteiger partial charge in [-0.15, -0.1) is 5.10 Å². The van der Waals surface area contributed by atoms with Crippen LogP contribution in [0.15, 0.2) is 59.4 Å². The quantitative estimate of drug-likeness (QED) is 0.411. The van der Waals surface area contributed by atoms with Crippen LogP contribution in [0.25, 0.3) is 10.9 Å². The van der Waals surface area contributed by atoms with E-state index < -0.39 is 0 Å². The molecule has 7 nitrogen and oxygen atoms in total. The summed E-state index contributed by atoms with van der Waals surface area (Å²) in [6, 6.07) is 18.6. The largest absolute Gasteiger partial charge is 0.322 e. The molecule has 0 amide bonds. The van der Waals surface area contributed by atoms with E-state index >= 15 is 0 Å². The minimum atomic E-state index is -0.240. The predicted octanol–water partition coefficient (Wildman–Crippen LogP) is 4.77. The molecule has 178 valence electrons. The first kappa shape index (κ1) is 23.8. The van der Waals surface area contributed by atoms with Crippen molar-refractivity contribution < 1.29 is 0 Å². The maximum absolute atomic E-state index is 13.1. The first-order valence-electron chi connectivity index (χ1n) is 12.0. The van der Waals surface area contributed by atoms with Gasteiger partial charge in [0.1, 0.15) is 0 Å². The molecule has 7 heteroatoms. The third-order valence-corrected chi connectivity index (χ3v) is 6.24. The summed E-state index contributed by atoms with van der Waals surface area (Å²) in [6.45, 7) is 11.8. The first-order valence-corrected chi connectivity index (χ1v) is 12.0. The molecule has 4 aromatic rings. The van der Waals surface area contributed by atoms with Gasteiger partial charge in [0, 0.05) is 24.2 Å². The Bertz CT molecular complexity index is 1300. The minimum absolute atomic E-state index is 0.0222. The highest BCUT2D eigenvalue weighted by atomic mass is 16.1. The number of hydrogen-bond acceptors (Lipinski definition) is 5. The van der Waals surface area contributed by atoms with Gasteiger partial charge >= 0.3 is 0 Å². The van der Waals surface area contributed by atoms with Gasteiger partial charge in [0.15, 0.2) is 5.82 Å². The highest BCUT2D eigenvalue weighted by Gasteiger charge is 2.29. The molecule has 2 aromatic heterocycles. The number of H-pyrrole nitrogens is 1. The highest BCUT2D eigenvalue weighted by molar-refractivity contribution is 5.79. The van der Waals surface area contributed by atoms with Crippen molar-refractivity contribution in [1.29, 1.82) is 0 Å². The molecular weight excluding hydrogens is 424 g/mol. The summed E-state index contributed by atoms with van der Waals surface area (Å²) in [5.41, 5.74) is 3.72. The van der Waals surface area contributed by atoms with Crippen molar-refractivity contribution in [2.75, 3.05) is 6.54 Å². The molecule has 0 saturated carbocycles. The van der Waals surface area contributed by atoms with E-state index in [-0.39, 0.29) is 17.1 Å². The lowest BCUT2D eigenvalue weighted by atomic mass is 10.0. The Labute approximate surface area is 200 Å². The summed E-state index contributed by atoms with van der Waals surface area (Å²) in [5, 5.41) is 13.8. The molecule has 4 rings (SSSR count). The van der Waals surface area contributed by atoms with E-state index in [1.54, 1.807) is 0 Å². The fourth-order valence-electron chi connectivity index (χ4n) is 4.44. The molecular formula is C27H34N6O. The van der Waals surface area contributed by atoms with Crippen LogP contribution in [0.4, 0.5) is 0 Å². The predicted molar refractivity (Wildman–Crippen MR) is 136 cm³/mol. The van der Waals surface area contributed by atoms with Crippen molar-refractivity contribution in [3.63, 3.8) is 0 Å². The Morgan fingerprint density at radius 2 is 1.85 bits per heavy atom. The van der Waals surface area contributed by atoms with E-state index in [4.69, 9.17) is 0 Å². The second-order valence-corrected chi connectivity index (χ2v) is 9.96. The number of aryl methyl sites for hydroxylation is 1. The maximum Gasteiger partial charge on any atom is 0.252 e. The van der Waals surface area contributed by atoms with E-state index in [1.165, 1.54) is 5.56 Å². The van der Waals surface area contributed by atoms with Crippen LogP contribution in [0.3, 0.4) is 0 Å². The van der Waals surface area contributed by atoms with Gasteiger partial charge in [0.25, 0.3) is 5.56 Å². The van der Waals surface area contributed by atoms with Gasteiger partial charge < -0.3 is 4.98 Å². The van der Waals surface area contributed by atoms with Gasteiger partial charge in [-0.3, -0.25) is 9.69 Å². The monoisotopic (exact) mass is 458 g/mol. The molecule has 0 aliphatic rings. The molecule has 0 saturated heterocycles. The van der Waals surface area contributed by atoms with Gasteiger partial charge in [-0.1, -0.05) is 49.4 Å². The number of rotatable bonds is 8. The molecule has 0 aliphatic heterocycles. The van der Waals surface area contributed by atoms with Crippen LogP contribution >= 0.6 is 0 Å². The van der Waals surface area contributed by atoms with E-state index in [9.17, 15) is 4.79 Å². The SMILES string of the molecule is CC[C@@H](c1nnnn1C(C)(C)C)N(CCc1ccccc1)Cc1cc2ccc(C)cc2[nH]c1=O. The molecule has 1 atom stereocenters. The van der Waals surface area contributed by atoms with Crippen LogP contribution in [0.1, 0.15) is 62.7 Å². The van der Waals surface area contributed by atoms with Crippen molar-refractivity contribution in [3.05, 3.63) is 87.5 Å². The van der Waals surface area contributed by atoms with Crippen LogP contribution < -0.4 is 5.56 Å². The summed E-state index contributed by atoms with van der Waals surface area (Å²) in [6.07, 6.45) is 1.70. The summed E-state index contributed by atoms with van der Waals surface area (Å²) in [4.78, 5) is 18.5. The van der Waals surface area contributed by atoms with Crippen molar-refractivity contribution >= 4 is 10.9 Å². The molecule has 0 bridgehead atoms. The average molecular weight is 459 g/mol.